The van der Waals surface area contributed by atoms with Gasteiger partial charge in [0.2, 0.25) is 0 Å². The molecule has 14 heteroatoms. The third-order valence-electron chi connectivity index (χ3n) is 11.9. The van der Waals surface area contributed by atoms with Gasteiger partial charge in [-0.25, -0.2) is 4.57 Å². The quantitative estimate of drug-likeness (QED) is 0.0146. The molecule has 1 aliphatic rings. The van der Waals surface area contributed by atoms with E-state index in [0.29, 0.717) is 12.8 Å². The van der Waals surface area contributed by atoms with Crippen molar-refractivity contribution in [3.63, 3.8) is 0 Å². The molecule has 66 heavy (non-hydrogen) atoms. The summed E-state index contributed by atoms with van der Waals surface area (Å²) in [6, 6.07) is 0. The molecule has 13 nitrogen and oxygen atoms in total. The fraction of sp³-hybridized carbons (Fsp3) is 0.808. The van der Waals surface area contributed by atoms with Crippen molar-refractivity contribution in [2.24, 2.45) is 0 Å². The van der Waals surface area contributed by atoms with E-state index in [1.807, 2.05) is 0 Å². The molecular weight excluding hydrogens is 864 g/mol. The molecule has 0 aromatic rings. The minimum Gasteiger partial charge on any atom is -0.462 e. The Morgan fingerprint density at radius 1 is 0.470 bits per heavy atom. The van der Waals surface area contributed by atoms with Gasteiger partial charge in [0.05, 0.1) is 6.61 Å². The molecule has 0 saturated heterocycles. The predicted molar refractivity (Wildman–Crippen MR) is 263 cm³/mol. The van der Waals surface area contributed by atoms with E-state index >= 15 is 0 Å². The smallest absolute Gasteiger partial charge is 0.462 e. The molecule has 384 valence electrons. The Hall–Kier alpha value is -2.19. The van der Waals surface area contributed by atoms with Crippen LogP contribution in [0.2, 0.25) is 0 Å². The number of aliphatic hydroxyl groups is 5. The number of carbonyl (C=O) groups excluding carboxylic acids is 2. The second kappa shape index (κ2) is 41.8. The van der Waals surface area contributed by atoms with Crippen LogP contribution in [0.25, 0.3) is 0 Å². The van der Waals surface area contributed by atoms with E-state index in [1.54, 1.807) is 0 Å². The van der Waals surface area contributed by atoms with E-state index < -0.39 is 75.7 Å². The van der Waals surface area contributed by atoms with E-state index in [4.69, 9.17) is 18.5 Å². The van der Waals surface area contributed by atoms with Crippen LogP contribution in [0.3, 0.4) is 0 Å². The molecule has 0 aliphatic heterocycles. The Morgan fingerprint density at radius 3 is 1.24 bits per heavy atom. The molecule has 0 aromatic carbocycles. The first-order valence-electron chi connectivity index (χ1n) is 25.9. The van der Waals surface area contributed by atoms with Crippen molar-refractivity contribution < 1.29 is 63.1 Å². The molecule has 0 aromatic heterocycles. The van der Waals surface area contributed by atoms with Crippen molar-refractivity contribution in [3.05, 3.63) is 48.6 Å². The van der Waals surface area contributed by atoms with Gasteiger partial charge in [0, 0.05) is 12.8 Å². The molecule has 1 fully saturated rings. The minimum atomic E-state index is -5.13. The third-order valence-corrected chi connectivity index (χ3v) is 12.9. The lowest BCUT2D eigenvalue weighted by molar-refractivity contribution is -0.220. The minimum absolute atomic E-state index is 0.0880. The summed E-state index contributed by atoms with van der Waals surface area (Å²) in [5.41, 5.74) is 0. The van der Waals surface area contributed by atoms with Crippen LogP contribution in [0, 0.1) is 0 Å². The summed E-state index contributed by atoms with van der Waals surface area (Å²) in [5, 5.41) is 50.3. The largest absolute Gasteiger partial charge is 0.472 e. The molecule has 6 N–H and O–H groups in total. The average molecular weight is 957 g/mol. The SMILES string of the molecule is CCCCCC/C=C\C/C=C\CCCCCCCC(=O)OCC(COP(=O)(O)OC1C(O)C(O)C(O)C(O)C1O)OC(=O)CCCCCCCCCCC/C=C\C/C=C\CCCCCCC. The lowest BCUT2D eigenvalue weighted by atomic mass is 9.85. The number of aliphatic hydroxyl groups excluding tert-OH is 5. The van der Waals surface area contributed by atoms with E-state index in [1.165, 1.54) is 89.9 Å². The van der Waals surface area contributed by atoms with Gasteiger partial charge in [0.25, 0.3) is 0 Å². The maximum absolute atomic E-state index is 12.8. The summed E-state index contributed by atoms with van der Waals surface area (Å²) in [6.07, 6.45) is 37.2. The van der Waals surface area contributed by atoms with Gasteiger partial charge >= 0.3 is 19.8 Å². The molecule has 0 heterocycles. The van der Waals surface area contributed by atoms with Gasteiger partial charge in [-0.3, -0.25) is 18.6 Å². The number of hydrogen-bond acceptors (Lipinski definition) is 12. The molecule has 0 spiro atoms. The fourth-order valence-electron chi connectivity index (χ4n) is 7.70. The standard InChI is InChI=1S/C52H93O13P/c1-3-5-7-9-11-13-15-17-19-21-22-23-24-25-27-29-31-33-35-37-39-41-46(54)64-44(43-63-66(60,61)65-52-50(58)48(56)47(55)49(57)51(52)59)42-62-45(53)40-38-36-34-32-30-28-26-20-18-16-14-12-10-8-6-4-2/h14-17,20-22,26,44,47-52,55-59H,3-13,18-19,23-25,27-43H2,1-2H3,(H,60,61)/b16-14-,17-15-,22-21-,26-20-. The normalized spacial score (nSPS) is 21.6. The highest BCUT2D eigenvalue weighted by atomic mass is 31.2. The van der Waals surface area contributed by atoms with Crippen LogP contribution in [-0.2, 0) is 32.7 Å². The molecule has 1 aliphatic carbocycles. The number of phosphoric ester groups is 1. The highest BCUT2D eigenvalue weighted by molar-refractivity contribution is 7.47. The van der Waals surface area contributed by atoms with Gasteiger partial charge < -0.3 is 39.9 Å². The maximum atomic E-state index is 12.8. The van der Waals surface area contributed by atoms with Crippen LogP contribution in [0.5, 0.6) is 0 Å². The van der Waals surface area contributed by atoms with Crippen LogP contribution >= 0.6 is 7.82 Å². The Labute approximate surface area is 399 Å². The zero-order valence-electron chi connectivity index (χ0n) is 41.0. The molecule has 0 amide bonds. The first kappa shape index (κ1) is 61.8. The van der Waals surface area contributed by atoms with Crippen LogP contribution < -0.4 is 0 Å². The molecule has 1 rings (SSSR count). The summed E-state index contributed by atoms with van der Waals surface area (Å²) in [4.78, 5) is 35.8. The number of hydrogen-bond donors (Lipinski definition) is 6. The Morgan fingerprint density at radius 2 is 0.818 bits per heavy atom. The molecule has 6 atom stereocenters. The Kier molecular flexibility index (Phi) is 39.1. The fourth-order valence-corrected chi connectivity index (χ4v) is 8.67. The van der Waals surface area contributed by atoms with E-state index in [0.717, 1.165) is 83.5 Å². The Balaban J connectivity index is 2.41. The maximum Gasteiger partial charge on any atom is 0.472 e. The van der Waals surface area contributed by atoms with Crippen molar-refractivity contribution >= 4 is 19.8 Å². The first-order chi connectivity index (χ1) is 31.9. The summed E-state index contributed by atoms with van der Waals surface area (Å²) < 4.78 is 33.6. The topological polar surface area (TPSA) is 210 Å². The molecule has 6 unspecified atom stereocenters. The molecule has 0 radical (unpaired) electrons. The van der Waals surface area contributed by atoms with Gasteiger partial charge in [0.15, 0.2) is 6.10 Å². The summed E-state index contributed by atoms with van der Waals surface area (Å²) in [6.45, 7) is 3.28. The van der Waals surface area contributed by atoms with Gasteiger partial charge in [-0.15, -0.1) is 0 Å². The van der Waals surface area contributed by atoms with Crippen molar-refractivity contribution in [2.45, 2.75) is 256 Å². The van der Waals surface area contributed by atoms with Gasteiger partial charge in [-0.05, 0) is 77.0 Å². The highest BCUT2D eigenvalue weighted by Crippen LogP contribution is 2.47. The van der Waals surface area contributed by atoms with Crippen LogP contribution in [0.4, 0.5) is 0 Å². The molecule has 1 saturated carbocycles. The van der Waals surface area contributed by atoms with Crippen molar-refractivity contribution in [1.82, 2.24) is 0 Å². The second-order valence-electron chi connectivity index (χ2n) is 18.0. The van der Waals surface area contributed by atoms with E-state index in [2.05, 4.69) is 62.5 Å². The van der Waals surface area contributed by atoms with Crippen molar-refractivity contribution in [1.29, 1.82) is 0 Å². The lowest BCUT2D eigenvalue weighted by Crippen LogP contribution is -2.64. The van der Waals surface area contributed by atoms with E-state index in [9.17, 15) is 44.6 Å². The number of phosphoric acid groups is 1. The lowest BCUT2D eigenvalue weighted by Gasteiger charge is -2.41. The molecular formula is C52H93O13P. The number of carbonyl (C=O) groups is 2. The van der Waals surface area contributed by atoms with Gasteiger partial charge in [-0.2, -0.15) is 0 Å². The number of rotatable bonds is 43. The summed E-state index contributed by atoms with van der Waals surface area (Å²) in [5.74, 6) is -1.12. The van der Waals surface area contributed by atoms with E-state index in [-0.39, 0.29) is 12.8 Å². The van der Waals surface area contributed by atoms with Gasteiger partial charge in [0.1, 0.15) is 43.2 Å². The number of esters is 2. The zero-order chi connectivity index (χ0) is 48.5. The van der Waals surface area contributed by atoms with Crippen molar-refractivity contribution in [3.8, 4) is 0 Å². The van der Waals surface area contributed by atoms with Crippen LogP contribution in [0.15, 0.2) is 48.6 Å². The Bertz CT molecular complexity index is 1340. The second-order valence-corrected chi connectivity index (χ2v) is 19.4. The van der Waals surface area contributed by atoms with Crippen LogP contribution in [0.1, 0.15) is 213 Å². The highest BCUT2D eigenvalue weighted by Gasteiger charge is 2.51. The van der Waals surface area contributed by atoms with Crippen LogP contribution in [-0.4, -0.2) is 98.3 Å². The summed E-state index contributed by atoms with van der Waals surface area (Å²) in [7, 11) is -5.13. The average Bonchev–Trinajstić information content (AvgIpc) is 3.30. The monoisotopic (exact) mass is 957 g/mol. The predicted octanol–water partition coefficient (Wildman–Crippen LogP) is 11.1. The summed E-state index contributed by atoms with van der Waals surface area (Å²) >= 11 is 0. The van der Waals surface area contributed by atoms with Crippen molar-refractivity contribution in [2.75, 3.05) is 13.2 Å². The number of ether oxygens (including phenoxy) is 2. The third kappa shape index (κ3) is 33.3. The first-order valence-corrected chi connectivity index (χ1v) is 27.4. The number of allylic oxidation sites excluding steroid dienone is 8. The zero-order valence-corrected chi connectivity index (χ0v) is 41.9. The molecule has 0 bridgehead atoms. The van der Waals surface area contributed by atoms with Gasteiger partial charge in [-0.1, -0.05) is 172 Å². The number of unbranched alkanes of at least 4 members (excludes halogenated alkanes) is 23.